The minimum absolute atomic E-state index is 0.0677. The molecule has 2 N–H and O–H groups in total. The number of amides is 1. The number of benzene rings is 1. The molecule has 0 radical (unpaired) electrons. The van der Waals surface area contributed by atoms with E-state index in [1.807, 2.05) is 32.0 Å². The van der Waals surface area contributed by atoms with Gasteiger partial charge >= 0.3 is 0 Å². The Hall–Kier alpha value is -1.35. The van der Waals surface area contributed by atoms with Gasteiger partial charge in [-0.1, -0.05) is 12.1 Å². The molecule has 0 saturated carbocycles. The summed E-state index contributed by atoms with van der Waals surface area (Å²) in [7, 11) is 0. The van der Waals surface area contributed by atoms with E-state index in [1.54, 1.807) is 6.92 Å². The molecule has 0 heterocycles. The van der Waals surface area contributed by atoms with Crippen LogP contribution in [0.25, 0.3) is 0 Å². The summed E-state index contributed by atoms with van der Waals surface area (Å²) in [4.78, 5) is 11.8. The molecule has 0 aliphatic rings. The van der Waals surface area contributed by atoms with Crippen molar-refractivity contribution in [2.24, 2.45) is 0 Å². The second-order valence-corrected chi connectivity index (χ2v) is 4.14. The van der Waals surface area contributed by atoms with E-state index in [0.29, 0.717) is 18.5 Å². The van der Waals surface area contributed by atoms with Crippen LogP contribution in [0.1, 0.15) is 34.8 Å². The molecule has 1 aromatic carbocycles. The number of carbonyl (C=O) groups excluding carboxylic acids is 1. The largest absolute Gasteiger partial charge is 0.393 e. The highest BCUT2D eigenvalue weighted by Crippen LogP contribution is 2.12. The third-order valence-corrected chi connectivity index (χ3v) is 2.70. The predicted molar refractivity (Wildman–Crippen MR) is 64.5 cm³/mol. The summed E-state index contributed by atoms with van der Waals surface area (Å²) in [6.45, 7) is 6.15. The summed E-state index contributed by atoms with van der Waals surface area (Å²) in [6.07, 6.45) is 0.204. The lowest BCUT2D eigenvalue weighted by Crippen LogP contribution is -2.27. The third kappa shape index (κ3) is 3.35. The van der Waals surface area contributed by atoms with E-state index in [0.717, 1.165) is 11.1 Å². The number of aryl methyl sites for hydroxylation is 1. The van der Waals surface area contributed by atoms with Crippen molar-refractivity contribution in [1.82, 2.24) is 5.32 Å². The van der Waals surface area contributed by atoms with E-state index in [4.69, 9.17) is 5.11 Å². The molecule has 0 saturated heterocycles. The average molecular weight is 221 g/mol. The number of aliphatic hydroxyl groups is 1. The van der Waals surface area contributed by atoms with Crippen LogP contribution < -0.4 is 5.32 Å². The van der Waals surface area contributed by atoms with Gasteiger partial charge in [0.15, 0.2) is 0 Å². The van der Waals surface area contributed by atoms with Crippen molar-refractivity contribution in [3.8, 4) is 0 Å². The second-order valence-electron chi connectivity index (χ2n) is 4.14. The Morgan fingerprint density at radius 2 is 2.12 bits per heavy atom. The molecule has 1 unspecified atom stereocenters. The zero-order chi connectivity index (χ0) is 12.1. The molecular weight excluding hydrogens is 202 g/mol. The number of hydrogen-bond donors (Lipinski definition) is 2. The molecule has 0 aromatic heterocycles. The normalized spacial score (nSPS) is 12.2. The Labute approximate surface area is 96.5 Å². The molecule has 1 aromatic rings. The van der Waals surface area contributed by atoms with Gasteiger partial charge in [0.1, 0.15) is 0 Å². The van der Waals surface area contributed by atoms with E-state index in [1.165, 1.54) is 0 Å². The van der Waals surface area contributed by atoms with Gasteiger partial charge < -0.3 is 10.4 Å². The Bertz CT molecular complexity index is 372. The molecule has 16 heavy (non-hydrogen) atoms. The Morgan fingerprint density at radius 3 is 2.75 bits per heavy atom. The standard InChI is InChI=1S/C13H19NO2/c1-9-5-4-6-12(11(9)3)13(16)14-8-7-10(2)15/h4-6,10,15H,7-8H2,1-3H3,(H,14,16). The first kappa shape index (κ1) is 12.7. The van der Waals surface area contributed by atoms with Crippen molar-refractivity contribution in [3.63, 3.8) is 0 Å². The molecule has 0 bridgehead atoms. The smallest absolute Gasteiger partial charge is 0.251 e. The van der Waals surface area contributed by atoms with E-state index >= 15 is 0 Å². The zero-order valence-corrected chi connectivity index (χ0v) is 10.1. The maximum absolute atomic E-state index is 11.8. The molecule has 0 aliphatic heterocycles. The molecule has 1 atom stereocenters. The third-order valence-electron chi connectivity index (χ3n) is 2.70. The number of carbonyl (C=O) groups is 1. The van der Waals surface area contributed by atoms with Gasteiger partial charge in [-0.3, -0.25) is 4.79 Å². The van der Waals surface area contributed by atoms with Gasteiger partial charge in [0, 0.05) is 12.1 Å². The minimum atomic E-state index is -0.376. The van der Waals surface area contributed by atoms with E-state index in [-0.39, 0.29) is 12.0 Å². The first-order valence-electron chi connectivity index (χ1n) is 5.55. The first-order valence-corrected chi connectivity index (χ1v) is 5.55. The van der Waals surface area contributed by atoms with Crippen molar-refractivity contribution in [2.45, 2.75) is 33.3 Å². The van der Waals surface area contributed by atoms with Crippen molar-refractivity contribution in [1.29, 1.82) is 0 Å². The number of rotatable bonds is 4. The summed E-state index contributed by atoms with van der Waals surface area (Å²) in [5.41, 5.74) is 2.84. The number of hydrogen-bond acceptors (Lipinski definition) is 2. The minimum Gasteiger partial charge on any atom is -0.393 e. The van der Waals surface area contributed by atoms with Crippen LogP contribution in [0, 0.1) is 13.8 Å². The summed E-state index contributed by atoms with van der Waals surface area (Å²) < 4.78 is 0. The van der Waals surface area contributed by atoms with Gasteiger partial charge in [0.05, 0.1) is 6.10 Å². The molecule has 0 fully saturated rings. The topological polar surface area (TPSA) is 49.3 Å². The zero-order valence-electron chi connectivity index (χ0n) is 10.1. The maximum Gasteiger partial charge on any atom is 0.251 e. The summed E-state index contributed by atoms with van der Waals surface area (Å²) in [5, 5.41) is 11.9. The maximum atomic E-state index is 11.8. The Balaban J connectivity index is 2.63. The molecule has 0 spiro atoms. The number of nitrogens with one attached hydrogen (secondary N) is 1. The van der Waals surface area contributed by atoms with Gasteiger partial charge in [-0.2, -0.15) is 0 Å². The fraction of sp³-hybridized carbons (Fsp3) is 0.462. The quantitative estimate of drug-likeness (QED) is 0.814. The van der Waals surface area contributed by atoms with Crippen LogP contribution in [0.3, 0.4) is 0 Å². The second kappa shape index (κ2) is 5.66. The average Bonchev–Trinajstić information content (AvgIpc) is 2.21. The first-order chi connectivity index (χ1) is 7.52. The molecule has 3 heteroatoms. The highest BCUT2D eigenvalue weighted by Gasteiger charge is 2.09. The summed E-state index contributed by atoms with van der Waals surface area (Å²) >= 11 is 0. The van der Waals surface area contributed by atoms with Crippen LogP contribution in [-0.4, -0.2) is 23.7 Å². The molecular formula is C13H19NO2. The highest BCUT2D eigenvalue weighted by molar-refractivity contribution is 5.95. The van der Waals surface area contributed by atoms with Crippen molar-refractivity contribution in [2.75, 3.05) is 6.54 Å². The van der Waals surface area contributed by atoms with Crippen LogP contribution in [0.5, 0.6) is 0 Å². The SMILES string of the molecule is Cc1cccc(C(=O)NCCC(C)O)c1C. The van der Waals surface area contributed by atoms with Gasteiger partial charge in [-0.15, -0.1) is 0 Å². The highest BCUT2D eigenvalue weighted by atomic mass is 16.3. The number of aliphatic hydroxyl groups excluding tert-OH is 1. The Kier molecular flexibility index (Phi) is 4.50. The summed E-state index contributed by atoms with van der Waals surface area (Å²) in [5.74, 6) is -0.0677. The van der Waals surface area contributed by atoms with Gasteiger partial charge in [0.2, 0.25) is 0 Å². The molecule has 1 amide bonds. The molecule has 0 aliphatic carbocycles. The van der Waals surface area contributed by atoms with Crippen LogP contribution in [0.15, 0.2) is 18.2 Å². The van der Waals surface area contributed by atoms with E-state index in [9.17, 15) is 4.79 Å². The van der Waals surface area contributed by atoms with Crippen molar-refractivity contribution < 1.29 is 9.90 Å². The fourth-order valence-corrected chi connectivity index (χ4v) is 1.49. The molecule has 3 nitrogen and oxygen atoms in total. The molecule has 88 valence electrons. The Morgan fingerprint density at radius 1 is 1.44 bits per heavy atom. The van der Waals surface area contributed by atoms with Crippen molar-refractivity contribution in [3.05, 3.63) is 34.9 Å². The summed E-state index contributed by atoms with van der Waals surface area (Å²) in [6, 6.07) is 5.69. The monoisotopic (exact) mass is 221 g/mol. The van der Waals surface area contributed by atoms with E-state index in [2.05, 4.69) is 5.32 Å². The molecule has 1 rings (SSSR count). The van der Waals surface area contributed by atoms with Crippen LogP contribution in [0.4, 0.5) is 0 Å². The van der Waals surface area contributed by atoms with Gasteiger partial charge in [0.25, 0.3) is 5.91 Å². The van der Waals surface area contributed by atoms with Crippen LogP contribution in [0.2, 0.25) is 0 Å². The van der Waals surface area contributed by atoms with Crippen molar-refractivity contribution >= 4 is 5.91 Å². The lowest BCUT2D eigenvalue weighted by atomic mass is 10.0. The van der Waals surface area contributed by atoms with Gasteiger partial charge in [-0.05, 0) is 44.4 Å². The van der Waals surface area contributed by atoms with E-state index < -0.39 is 0 Å². The lowest BCUT2D eigenvalue weighted by molar-refractivity contribution is 0.0945. The van der Waals surface area contributed by atoms with Crippen LogP contribution in [-0.2, 0) is 0 Å². The van der Waals surface area contributed by atoms with Gasteiger partial charge in [-0.25, -0.2) is 0 Å². The fourth-order valence-electron chi connectivity index (χ4n) is 1.49. The lowest BCUT2D eigenvalue weighted by Gasteiger charge is -2.10. The van der Waals surface area contributed by atoms with Crippen LogP contribution >= 0.6 is 0 Å². The predicted octanol–water partition coefficient (Wildman–Crippen LogP) is 1.80.